The quantitative estimate of drug-likeness (QED) is 0.639. The molecule has 2 rings (SSSR count). The van der Waals surface area contributed by atoms with Gasteiger partial charge in [0.15, 0.2) is 0 Å². The number of hydrogen-bond donors (Lipinski definition) is 1. The molecule has 0 saturated heterocycles. The van der Waals surface area contributed by atoms with Gasteiger partial charge in [0, 0.05) is 17.8 Å². The van der Waals surface area contributed by atoms with Gasteiger partial charge in [-0.2, -0.15) is 13.2 Å². The molecular weight excluding hydrogens is 373 g/mol. The SMILES string of the molecule is O=[N+]([O-])c1ccc(S(=O)(=O)Nc2ccc(Cl)c(C(F)(F)F)c2)cc1. The first-order valence-corrected chi connectivity index (χ1v) is 8.01. The lowest BCUT2D eigenvalue weighted by Crippen LogP contribution is -2.14. The molecule has 0 saturated carbocycles. The Morgan fingerprint density at radius 2 is 1.67 bits per heavy atom. The fourth-order valence-electron chi connectivity index (χ4n) is 1.77. The molecule has 0 aliphatic heterocycles. The highest BCUT2D eigenvalue weighted by atomic mass is 35.5. The summed E-state index contributed by atoms with van der Waals surface area (Å²) in [5.74, 6) is 0. The average Bonchev–Trinajstić information content (AvgIpc) is 2.48. The van der Waals surface area contributed by atoms with Crippen molar-refractivity contribution < 1.29 is 26.5 Å². The summed E-state index contributed by atoms with van der Waals surface area (Å²) in [6, 6.07) is 6.43. The summed E-state index contributed by atoms with van der Waals surface area (Å²) < 4.78 is 64.6. The molecule has 0 spiro atoms. The van der Waals surface area contributed by atoms with Gasteiger partial charge in [-0.1, -0.05) is 11.6 Å². The number of non-ortho nitro benzene ring substituents is 1. The molecule has 0 aromatic heterocycles. The van der Waals surface area contributed by atoms with Crippen molar-refractivity contribution in [2.45, 2.75) is 11.1 Å². The molecule has 2 aromatic carbocycles. The van der Waals surface area contributed by atoms with Gasteiger partial charge < -0.3 is 0 Å². The second kappa shape index (κ2) is 6.29. The number of rotatable bonds is 4. The predicted molar refractivity (Wildman–Crippen MR) is 80.4 cm³/mol. The summed E-state index contributed by atoms with van der Waals surface area (Å²) in [6.45, 7) is 0. The Hall–Kier alpha value is -2.33. The standard InChI is InChI=1S/C13H8ClF3N2O4S/c14-12-6-1-8(7-11(12)13(15,16)17)18-24(22,23)10-4-2-9(3-5-10)19(20)21/h1-7,18H. The normalized spacial score (nSPS) is 12.0. The fourth-order valence-corrected chi connectivity index (χ4v) is 3.04. The number of anilines is 1. The van der Waals surface area contributed by atoms with Crippen LogP contribution in [0.25, 0.3) is 0 Å². The van der Waals surface area contributed by atoms with E-state index in [1.807, 2.05) is 4.72 Å². The van der Waals surface area contributed by atoms with Crippen molar-refractivity contribution in [3.63, 3.8) is 0 Å². The lowest BCUT2D eigenvalue weighted by Gasteiger charge is -2.12. The van der Waals surface area contributed by atoms with Gasteiger partial charge in [0.2, 0.25) is 0 Å². The van der Waals surface area contributed by atoms with E-state index in [2.05, 4.69) is 0 Å². The highest BCUT2D eigenvalue weighted by molar-refractivity contribution is 7.92. The van der Waals surface area contributed by atoms with E-state index in [1.54, 1.807) is 0 Å². The minimum atomic E-state index is -4.74. The molecule has 0 radical (unpaired) electrons. The Morgan fingerprint density at radius 1 is 1.08 bits per heavy atom. The van der Waals surface area contributed by atoms with Gasteiger partial charge in [0.1, 0.15) is 0 Å². The second-order valence-electron chi connectivity index (χ2n) is 4.55. The van der Waals surface area contributed by atoms with Gasteiger partial charge in [-0.3, -0.25) is 14.8 Å². The lowest BCUT2D eigenvalue weighted by molar-refractivity contribution is -0.384. The van der Waals surface area contributed by atoms with E-state index in [9.17, 15) is 31.7 Å². The summed E-state index contributed by atoms with van der Waals surface area (Å²) in [5.41, 5.74) is -1.85. The smallest absolute Gasteiger partial charge is 0.280 e. The number of halogens is 4. The molecule has 0 amide bonds. The van der Waals surface area contributed by atoms with Crippen LogP contribution in [0.3, 0.4) is 0 Å². The van der Waals surface area contributed by atoms with Crippen LogP contribution >= 0.6 is 11.6 Å². The van der Waals surface area contributed by atoms with Crippen LogP contribution in [0.2, 0.25) is 5.02 Å². The zero-order valence-electron chi connectivity index (χ0n) is 11.5. The van der Waals surface area contributed by atoms with Crippen molar-refractivity contribution >= 4 is 33.0 Å². The van der Waals surface area contributed by atoms with E-state index in [-0.39, 0.29) is 16.3 Å². The number of nitrogens with zero attached hydrogens (tertiary/aromatic N) is 1. The van der Waals surface area contributed by atoms with Crippen LogP contribution in [0, 0.1) is 10.1 Å². The monoisotopic (exact) mass is 380 g/mol. The summed E-state index contributed by atoms with van der Waals surface area (Å²) >= 11 is 5.46. The zero-order chi connectivity index (χ0) is 18.1. The summed E-state index contributed by atoms with van der Waals surface area (Å²) in [4.78, 5) is 9.49. The number of benzene rings is 2. The third-order valence-corrected chi connectivity index (χ3v) is 4.61. The van der Waals surface area contributed by atoms with Crippen molar-refractivity contribution in [2.75, 3.05) is 4.72 Å². The predicted octanol–water partition coefficient (Wildman–Crippen LogP) is 4.07. The maximum Gasteiger partial charge on any atom is 0.417 e. The molecule has 0 atom stereocenters. The molecule has 0 heterocycles. The molecule has 1 N–H and O–H groups in total. The zero-order valence-corrected chi connectivity index (χ0v) is 13.1. The molecule has 0 aliphatic rings. The minimum absolute atomic E-state index is 0.320. The van der Waals surface area contributed by atoms with E-state index in [1.165, 1.54) is 0 Å². The third kappa shape index (κ3) is 3.95. The lowest BCUT2D eigenvalue weighted by atomic mass is 10.2. The molecule has 0 bridgehead atoms. The number of hydrogen-bond acceptors (Lipinski definition) is 4. The van der Waals surface area contributed by atoms with Crippen LogP contribution in [0.4, 0.5) is 24.5 Å². The van der Waals surface area contributed by atoms with Crippen molar-refractivity contribution in [1.82, 2.24) is 0 Å². The first-order valence-electron chi connectivity index (χ1n) is 6.15. The number of nitro benzene ring substituents is 1. The Balaban J connectivity index is 2.34. The van der Waals surface area contributed by atoms with Crippen LogP contribution in [0.1, 0.15) is 5.56 Å². The Morgan fingerprint density at radius 3 is 2.17 bits per heavy atom. The van der Waals surface area contributed by atoms with Crippen LogP contribution in [-0.2, 0) is 16.2 Å². The number of alkyl halides is 3. The summed E-state index contributed by atoms with van der Waals surface area (Å²) in [6.07, 6.45) is -4.74. The first-order chi connectivity index (χ1) is 11.0. The highest BCUT2D eigenvalue weighted by Gasteiger charge is 2.33. The minimum Gasteiger partial charge on any atom is -0.280 e. The molecule has 11 heteroatoms. The Labute approximate surface area is 139 Å². The van der Waals surface area contributed by atoms with Crippen molar-refractivity contribution in [3.8, 4) is 0 Å². The topological polar surface area (TPSA) is 89.3 Å². The van der Waals surface area contributed by atoms with Crippen molar-refractivity contribution in [3.05, 3.63) is 63.2 Å². The average molecular weight is 381 g/mol. The Bertz CT molecular complexity index is 883. The van der Waals surface area contributed by atoms with Crippen molar-refractivity contribution in [2.24, 2.45) is 0 Å². The molecule has 128 valence electrons. The van der Waals surface area contributed by atoms with Gasteiger partial charge in [-0.15, -0.1) is 0 Å². The van der Waals surface area contributed by atoms with Crippen molar-refractivity contribution in [1.29, 1.82) is 0 Å². The van der Waals surface area contributed by atoms with Gasteiger partial charge in [-0.05, 0) is 30.3 Å². The van der Waals surface area contributed by atoms with E-state index >= 15 is 0 Å². The van der Waals surface area contributed by atoms with Crippen LogP contribution in [-0.4, -0.2) is 13.3 Å². The molecule has 24 heavy (non-hydrogen) atoms. The Kier molecular flexibility index (Phi) is 4.72. The fraction of sp³-hybridized carbons (Fsp3) is 0.0769. The van der Waals surface area contributed by atoms with Gasteiger partial charge in [0.05, 0.1) is 20.4 Å². The summed E-state index contributed by atoms with van der Waals surface area (Å²) in [7, 11) is -4.21. The summed E-state index contributed by atoms with van der Waals surface area (Å²) in [5, 5.41) is 9.97. The van der Waals surface area contributed by atoms with E-state index in [0.29, 0.717) is 6.07 Å². The molecule has 0 aliphatic carbocycles. The molecular formula is C13H8ClF3N2O4S. The van der Waals surface area contributed by atoms with E-state index in [0.717, 1.165) is 36.4 Å². The van der Waals surface area contributed by atoms with Crippen LogP contribution in [0.15, 0.2) is 47.4 Å². The molecule has 6 nitrogen and oxygen atoms in total. The molecule has 0 unspecified atom stereocenters. The maximum absolute atomic E-state index is 12.8. The first kappa shape index (κ1) is 18.0. The van der Waals surface area contributed by atoms with Crippen LogP contribution in [0.5, 0.6) is 0 Å². The molecule has 0 fully saturated rings. The highest BCUT2D eigenvalue weighted by Crippen LogP contribution is 2.36. The van der Waals surface area contributed by atoms with Gasteiger partial charge in [-0.25, -0.2) is 8.42 Å². The second-order valence-corrected chi connectivity index (χ2v) is 6.64. The third-order valence-electron chi connectivity index (χ3n) is 2.88. The number of nitrogens with one attached hydrogen (secondary N) is 1. The van der Waals surface area contributed by atoms with E-state index < -0.39 is 31.7 Å². The molecule has 2 aromatic rings. The number of sulfonamides is 1. The largest absolute Gasteiger partial charge is 0.417 e. The van der Waals surface area contributed by atoms with Crippen LogP contribution < -0.4 is 4.72 Å². The number of nitro groups is 1. The van der Waals surface area contributed by atoms with E-state index in [4.69, 9.17) is 11.6 Å². The van der Waals surface area contributed by atoms with Gasteiger partial charge in [0.25, 0.3) is 15.7 Å². The van der Waals surface area contributed by atoms with Gasteiger partial charge >= 0.3 is 6.18 Å². The maximum atomic E-state index is 12.8.